The van der Waals surface area contributed by atoms with Crippen LogP contribution in [0.4, 0.5) is 4.39 Å². The van der Waals surface area contributed by atoms with Gasteiger partial charge < -0.3 is 10.3 Å². The first kappa shape index (κ1) is 13.8. The molecule has 0 radical (unpaired) electrons. The third-order valence-corrected chi connectivity index (χ3v) is 3.28. The van der Waals surface area contributed by atoms with Crippen LogP contribution in [-0.4, -0.2) is 15.1 Å². The number of benzene rings is 1. The van der Waals surface area contributed by atoms with E-state index in [9.17, 15) is 4.39 Å². The second kappa shape index (κ2) is 5.71. The molecule has 21 heavy (non-hydrogen) atoms. The van der Waals surface area contributed by atoms with Gasteiger partial charge in [0.1, 0.15) is 5.82 Å². The Morgan fingerprint density at radius 1 is 1.19 bits per heavy atom. The quantitative estimate of drug-likeness (QED) is 0.786. The van der Waals surface area contributed by atoms with E-state index in [1.807, 2.05) is 0 Å². The molecule has 7 heteroatoms. The van der Waals surface area contributed by atoms with Gasteiger partial charge in [-0.3, -0.25) is 4.98 Å². The van der Waals surface area contributed by atoms with E-state index >= 15 is 0 Å². The van der Waals surface area contributed by atoms with E-state index in [4.69, 9.17) is 10.3 Å². The zero-order chi connectivity index (χ0) is 14.8. The van der Waals surface area contributed by atoms with E-state index in [1.54, 1.807) is 24.4 Å². The zero-order valence-corrected chi connectivity index (χ0v) is 12.3. The van der Waals surface area contributed by atoms with Crippen LogP contribution in [0.1, 0.15) is 5.69 Å². The molecule has 0 fully saturated rings. The summed E-state index contributed by atoms with van der Waals surface area (Å²) in [4.78, 5) is 8.38. The van der Waals surface area contributed by atoms with Crippen molar-refractivity contribution in [2.45, 2.75) is 6.54 Å². The van der Waals surface area contributed by atoms with Crippen molar-refractivity contribution < 1.29 is 8.91 Å². The highest BCUT2D eigenvalue weighted by Crippen LogP contribution is 2.25. The largest absolute Gasteiger partial charge is 0.334 e. The third kappa shape index (κ3) is 2.98. The number of nitrogens with zero attached hydrogens (tertiary/aromatic N) is 3. The summed E-state index contributed by atoms with van der Waals surface area (Å²) in [6.45, 7) is 0.325. The topological polar surface area (TPSA) is 77.8 Å². The minimum Gasteiger partial charge on any atom is -0.334 e. The molecular weight excluding hydrogens is 339 g/mol. The summed E-state index contributed by atoms with van der Waals surface area (Å²) < 4.78 is 19.2. The number of pyridine rings is 1. The highest BCUT2D eigenvalue weighted by atomic mass is 79.9. The normalized spacial score (nSPS) is 10.8. The molecule has 0 aliphatic carbocycles. The van der Waals surface area contributed by atoms with Gasteiger partial charge in [-0.15, -0.1) is 0 Å². The Kier molecular flexibility index (Phi) is 3.76. The maximum absolute atomic E-state index is 13.4. The summed E-state index contributed by atoms with van der Waals surface area (Å²) >= 11 is 3.23. The highest BCUT2D eigenvalue weighted by molar-refractivity contribution is 9.10. The van der Waals surface area contributed by atoms with Gasteiger partial charge in [0, 0.05) is 28.3 Å². The lowest BCUT2D eigenvalue weighted by Crippen LogP contribution is -1.98. The number of hydrogen-bond donors (Lipinski definition) is 1. The van der Waals surface area contributed by atoms with Gasteiger partial charge in [-0.05, 0) is 30.3 Å². The van der Waals surface area contributed by atoms with Crippen LogP contribution in [0.3, 0.4) is 0 Å². The number of hydrogen-bond acceptors (Lipinski definition) is 5. The lowest BCUT2D eigenvalue weighted by Gasteiger charge is -1.98. The summed E-state index contributed by atoms with van der Waals surface area (Å²) in [6.07, 6.45) is 1.63. The Morgan fingerprint density at radius 2 is 2.05 bits per heavy atom. The zero-order valence-electron chi connectivity index (χ0n) is 10.8. The molecular formula is C14H10BrFN4O. The first-order valence-electron chi connectivity index (χ1n) is 6.11. The average Bonchev–Trinajstić information content (AvgIpc) is 2.96. The minimum atomic E-state index is -0.375. The van der Waals surface area contributed by atoms with Crippen LogP contribution in [0.15, 0.2) is 45.5 Å². The predicted molar refractivity (Wildman–Crippen MR) is 78.5 cm³/mol. The number of rotatable bonds is 3. The van der Waals surface area contributed by atoms with E-state index in [-0.39, 0.29) is 5.82 Å². The van der Waals surface area contributed by atoms with Gasteiger partial charge in [0.05, 0.1) is 5.69 Å². The maximum Gasteiger partial charge on any atom is 0.258 e. The Morgan fingerprint density at radius 3 is 2.81 bits per heavy atom. The van der Waals surface area contributed by atoms with Crippen LogP contribution >= 0.6 is 15.9 Å². The van der Waals surface area contributed by atoms with Crippen molar-refractivity contribution in [1.29, 1.82) is 0 Å². The lowest BCUT2D eigenvalue weighted by molar-refractivity contribution is 0.432. The summed E-state index contributed by atoms with van der Waals surface area (Å²) in [6, 6.07) is 7.95. The van der Waals surface area contributed by atoms with E-state index in [0.29, 0.717) is 28.3 Å². The van der Waals surface area contributed by atoms with Crippen LogP contribution in [0.5, 0.6) is 0 Å². The smallest absolute Gasteiger partial charge is 0.258 e. The number of aromatic nitrogens is 3. The summed E-state index contributed by atoms with van der Waals surface area (Å²) in [5.41, 5.74) is 7.53. The lowest BCUT2D eigenvalue weighted by atomic mass is 10.2. The van der Waals surface area contributed by atoms with Crippen LogP contribution in [0.25, 0.3) is 22.8 Å². The van der Waals surface area contributed by atoms with E-state index in [2.05, 4.69) is 31.1 Å². The number of nitrogens with two attached hydrogens (primary N) is 1. The molecule has 0 amide bonds. The van der Waals surface area contributed by atoms with Crippen LogP contribution in [0, 0.1) is 5.82 Å². The molecule has 5 nitrogen and oxygen atoms in total. The van der Waals surface area contributed by atoms with E-state index in [1.165, 1.54) is 12.1 Å². The predicted octanol–water partition coefficient (Wildman–Crippen LogP) is 3.16. The van der Waals surface area contributed by atoms with Crippen molar-refractivity contribution in [1.82, 2.24) is 15.1 Å². The Bertz CT molecular complexity index is 770. The average molecular weight is 349 g/mol. The Balaban J connectivity index is 1.99. The van der Waals surface area contributed by atoms with Gasteiger partial charge in [0.2, 0.25) is 5.82 Å². The standard InChI is InChI=1S/C14H10BrFN4O/c15-10-3-9(4-11(16)6-10)13-19-14(21-20-13)8-1-2-18-12(5-8)7-17/h1-6H,7,17H2. The molecule has 0 aliphatic heterocycles. The molecule has 106 valence electrons. The highest BCUT2D eigenvalue weighted by Gasteiger charge is 2.12. The molecule has 0 atom stereocenters. The van der Waals surface area contributed by atoms with Crippen molar-refractivity contribution in [2.75, 3.05) is 0 Å². The van der Waals surface area contributed by atoms with E-state index in [0.717, 1.165) is 11.3 Å². The van der Waals surface area contributed by atoms with Gasteiger partial charge in [-0.2, -0.15) is 4.98 Å². The van der Waals surface area contributed by atoms with Crippen molar-refractivity contribution in [2.24, 2.45) is 5.73 Å². The fourth-order valence-electron chi connectivity index (χ4n) is 1.86. The summed E-state index contributed by atoms with van der Waals surface area (Å²) in [5.74, 6) is 0.277. The number of halogens is 2. The molecule has 3 rings (SSSR count). The molecule has 0 bridgehead atoms. The fraction of sp³-hybridized carbons (Fsp3) is 0.0714. The molecule has 1 aromatic carbocycles. The van der Waals surface area contributed by atoms with Crippen molar-refractivity contribution in [3.63, 3.8) is 0 Å². The Hall–Kier alpha value is -2.12. The van der Waals surface area contributed by atoms with Gasteiger partial charge in [-0.25, -0.2) is 4.39 Å². The molecule has 2 heterocycles. The van der Waals surface area contributed by atoms with Crippen LogP contribution in [0.2, 0.25) is 0 Å². The van der Waals surface area contributed by atoms with Crippen LogP contribution in [-0.2, 0) is 6.54 Å². The summed E-state index contributed by atoms with van der Waals surface area (Å²) in [5, 5.41) is 3.88. The van der Waals surface area contributed by atoms with Gasteiger partial charge in [0.25, 0.3) is 5.89 Å². The van der Waals surface area contributed by atoms with Gasteiger partial charge in [-0.1, -0.05) is 21.1 Å². The van der Waals surface area contributed by atoms with Crippen molar-refractivity contribution >= 4 is 15.9 Å². The monoisotopic (exact) mass is 348 g/mol. The molecule has 0 saturated heterocycles. The Labute approximate surface area is 128 Å². The van der Waals surface area contributed by atoms with Gasteiger partial charge in [0.15, 0.2) is 0 Å². The second-order valence-corrected chi connectivity index (χ2v) is 5.24. The molecule has 2 aromatic heterocycles. The SMILES string of the molecule is NCc1cc(-c2nc(-c3cc(F)cc(Br)c3)no2)ccn1. The molecule has 0 unspecified atom stereocenters. The first-order valence-corrected chi connectivity index (χ1v) is 6.90. The maximum atomic E-state index is 13.4. The molecule has 2 N–H and O–H groups in total. The summed E-state index contributed by atoms with van der Waals surface area (Å²) in [7, 11) is 0. The molecule has 0 spiro atoms. The van der Waals surface area contributed by atoms with Gasteiger partial charge >= 0.3 is 0 Å². The van der Waals surface area contributed by atoms with Crippen molar-refractivity contribution in [3.8, 4) is 22.8 Å². The molecule has 0 saturated carbocycles. The molecule has 0 aliphatic rings. The third-order valence-electron chi connectivity index (χ3n) is 2.82. The van der Waals surface area contributed by atoms with Crippen LogP contribution < -0.4 is 5.73 Å². The van der Waals surface area contributed by atoms with E-state index < -0.39 is 0 Å². The minimum absolute atomic E-state index is 0.316. The second-order valence-electron chi connectivity index (χ2n) is 4.32. The fourth-order valence-corrected chi connectivity index (χ4v) is 2.33. The van der Waals surface area contributed by atoms with Crippen molar-refractivity contribution in [3.05, 3.63) is 52.5 Å². The first-order chi connectivity index (χ1) is 10.2. The molecule has 3 aromatic rings.